The Morgan fingerprint density at radius 3 is 2.47 bits per heavy atom. The third kappa shape index (κ3) is 2.91. The van der Waals surface area contributed by atoms with Gasteiger partial charge in [0.15, 0.2) is 6.61 Å². The normalized spacial score (nSPS) is 9.42. The Kier molecular flexibility index (Phi) is 3.94. The molecular formula is C9H6N4O6. The van der Waals surface area contributed by atoms with Gasteiger partial charge in [0.1, 0.15) is 11.8 Å². The standard InChI is InChI=1S/C9H6N4O6/c10-1-2-19-9(14)6-3-5(12(15)16)4-7(8(6)11)13(17)18/h3-4H,2,11H2. The summed E-state index contributed by atoms with van der Waals surface area (Å²) in [5.74, 6) is -1.15. The minimum absolute atomic E-state index is 0.531. The molecule has 2 N–H and O–H groups in total. The smallest absolute Gasteiger partial charge is 0.341 e. The Balaban J connectivity index is 3.38. The number of nitrogen functional groups attached to an aromatic ring is 1. The fourth-order valence-corrected chi connectivity index (χ4v) is 1.22. The van der Waals surface area contributed by atoms with Gasteiger partial charge in [0.05, 0.1) is 21.5 Å². The number of nitrogens with two attached hydrogens (primary N) is 1. The number of carbonyl (C=O) groups excluding carboxylic acids is 1. The number of nitro groups is 2. The first kappa shape index (κ1) is 13.8. The lowest BCUT2D eigenvalue weighted by Gasteiger charge is -2.05. The molecule has 1 aromatic carbocycles. The molecule has 19 heavy (non-hydrogen) atoms. The van der Waals surface area contributed by atoms with Gasteiger partial charge in [-0.3, -0.25) is 20.2 Å². The van der Waals surface area contributed by atoms with E-state index in [1.165, 1.54) is 6.07 Å². The summed E-state index contributed by atoms with van der Waals surface area (Å²) in [6, 6.07) is 2.90. The highest BCUT2D eigenvalue weighted by molar-refractivity contribution is 5.98. The van der Waals surface area contributed by atoms with Crippen LogP contribution in [0.5, 0.6) is 0 Å². The highest BCUT2D eigenvalue weighted by Crippen LogP contribution is 2.31. The number of nitrogens with zero attached hydrogens (tertiary/aromatic N) is 3. The summed E-state index contributed by atoms with van der Waals surface area (Å²) in [6.07, 6.45) is 0. The SMILES string of the molecule is N#CCOC(=O)c1cc([N+](=O)[O-])cc([N+](=O)[O-])c1N. The van der Waals surface area contributed by atoms with Crippen LogP contribution < -0.4 is 5.73 Å². The van der Waals surface area contributed by atoms with Crippen molar-refractivity contribution in [2.75, 3.05) is 12.3 Å². The topological polar surface area (TPSA) is 162 Å². The number of carbonyl (C=O) groups is 1. The Labute approximate surface area is 105 Å². The Morgan fingerprint density at radius 2 is 2.00 bits per heavy atom. The van der Waals surface area contributed by atoms with Crippen LogP contribution in [-0.2, 0) is 4.74 Å². The molecule has 98 valence electrons. The number of hydrogen-bond donors (Lipinski definition) is 1. The van der Waals surface area contributed by atoms with E-state index in [1.54, 1.807) is 0 Å². The largest absolute Gasteiger partial charge is 0.447 e. The quantitative estimate of drug-likeness (QED) is 0.361. The Bertz CT molecular complexity index is 605. The van der Waals surface area contributed by atoms with Crippen molar-refractivity contribution in [3.63, 3.8) is 0 Å². The number of ether oxygens (including phenoxy) is 1. The van der Waals surface area contributed by atoms with Crippen LogP contribution in [0.3, 0.4) is 0 Å². The lowest BCUT2D eigenvalue weighted by atomic mass is 10.1. The molecule has 0 aliphatic heterocycles. The molecule has 1 aromatic rings. The summed E-state index contributed by atoms with van der Waals surface area (Å²) in [7, 11) is 0. The van der Waals surface area contributed by atoms with E-state index in [0.717, 1.165) is 6.07 Å². The van der Waals surface area contributed by atoms with Crippen molar-refractivity contribution in [1.29, 1.82) is 5.26 Å². The molecule has 0 atom stereocenters. The molecule has 1 rings (SSSR count). The van der Waals surface area contributed by atoms with Gasteiger partial charge in [0.2, 0.25) is 0 Å². The van der Waals surface area contributed by atoms with Crippen LogP contribution in [0, 0.1) is 31.6 Å². The van der Waals surface area contributed by atoms with Gasteiger partial charge in [-0.05, 0) is 0 Å². The second kappa shape index (κ2) is 5.41. The highest BCUT2D eigenvalue weighted by Gasteiger charge is 2.26. The maximum absolute atomic E-state index is 11.5. The molecule has 0 aliphatic rings. The van der Waals surface area contributed by atoms with E-state index >= 15 is 0 Å². The highest BCUT2D eigenvalue weighted by atomic mass is 16.6. The first-order chi connectivity index (χ1) is 8.88. The monoisotopic (exact) mass is 266 g/mol. The average molecular weight is 266 g/mol. The second-order valence-corrected chi connectivity index (χ2v) is 3.17. The molecule has 0 bridgehead atoms. The predicted octanol–water partition coefficient (Wildman–Crippen LogP) is 0.766. The van der Waals surface area contributed by atoms with E-state index < -0.39 is 45.0 Å². The van der Waals surface area contributed by atoms with Gasteiger partial charge in [-0.15, -0.1) is 0 Å². The van der Waals surface area contributed by atoms with E-state index in [0.29, 0.717) is 6.07 Å². The van der Waals surface area contributed by atoms with Crippen molar-refractivity contribution in [3.8, 4) is 6.07 Å². The molecule has 0 fully saturated rings. The van der Waals surface area contributed by atoms with Gasteiger partial charge in [-0.25, -0.2) is 4.79 Å². The number of nitro benzene ring substituents is 2. The molecule has 10 heteroatoms. The van der Waals surface area contributed by atoms with Crippen molar-refractivity contribution in [3.05, 3.63) is 37.9 Å². The summed E-state index contributed by atoms with van der Waals surface area (Å²) in [5.41, 5.74) is 2.83. The van der Waals surface area contributed by atoms with Gasteiger partial charge >= 0.3 is 5.97 Å². The van der Waals surface area contributed by atoms with Crippen molar-refractivity contribution in [1.82, 2.24) is 0 Å². The third-order valence-corrected chi connectivity index (χ3v) is 2.04. The number of non-ortho nitro benzene ring substituents is 1. The molecule has 10 nitrogen and oxygen atoms in total. The molecule has 0 saturated heterocycles. The number of benzene rings is 1. The number of anilines is 1. The van der Waals surface area contributed by atoms with Gasteiger partial charge in [-0.2, -0.15) is 5.26 Å². The maximum Gasteiger partial charge on any atom is 0.341 e. The van der Waals surface area contributed by atoms with Crippen molar-refractivity contribution < 1.29 is 19.4 Å². The van der Waals surface area contributed by atoms with E-state index in [1.807, 2.05) is 0 Å². The molecule has 0 aliphatic carbocycles. The van der Waals surface area contributed by atoms with Crippen LogP contribution in [0.25, 0.3) is 0 Å². The summed E-state index contributed by atoms with van der Waals surface area (Å²) >= 11 is 0. The van der Waals surface area contributed by atoms with Gasteiger partial charge < -0.3 is 10.5 Å². The molecule has 0 heterocycles. The third-order valence-electron chi connectivity index (χ3n) is 2.04. The summed E-state index contributed by atoms with van der Waals surface area (Å²) in [6.45, 7) is -0.602. The first-order valence-electron chi connectivity index (χ1n) is 4.64. The molecule has 0 unspecified atom stereocenters. The van der Waals surface area contributed by atoms with E-state index in [-0.39, 0.29) is 0 Å². The van der Waals surface area contributed by atoms with Crippen LogP contribution in [0.4, 0.5) is 17.1 Å². The zero-order valence-corrected chi connectivity index (χ0v) is 9.23. The van der Waals surface area contributed by atoms with Crippen LogP contribution in [0.15, 0.2) is 12.1 Å². The van der Waals surface area contributed by atoms with Gasteiger partial charge in [-0.1, -0.05) is 0 Å². The summed E-state index contributed by atoms with van der Waals surface area (Å²) in [4.78, 5) is 30.9. The fraction of sp³-hybridized carbons (Fsp3) is 0.111. The molecule has 0 saturated carbocycles. The molecule has 0 spiro atoms. The average Bonchev–Trinajstić information content (AvgIpc) is 2.35. The number of rotatable bonds is 4. The van der Waals surface area contributed by atoms with Crippen LogP contribution >= 0.6 is 0 Å². The van der Waals surface area contributed by atoms with Crippen molar-refractivity contribution >= 4 is 23.0 Å². The predicted molar refractivity (Wildman–Crippen MR) is 60.1 cm³/mol. The zero-order valence-electron chi connectivity index (χ0n) is 9.23. The van der Waals surface area contributed by atoms with Gasteiger partial charge in [0.25, 0.3) is 11.4 Å². The van der Waals surface area contributed by atoms with E-state index in [2.05, 4.69) is 4.74 Å². The van der Waals surface area contributed by atoms with Crippen molar-refractivity contribution in [2.24, 2.45) is 0 Å². The fourth-order valence-electron chi connectivity index (χ4n) is 1.22. The summed E-state index contributed by atoms with van der Waals surface area (Å²) < 4.78 is 4.40. The lowest BCUT2D eigenvalue weighted by Crippen LogP contribution is -2.11. The lowest BCUT2D eigenvalue weighted by molar-refractivity contribution is -0.393. The number of nitriles is 1. The van der Waals surface area contributed by atoms with E-state index in [4.69, 9.17) is 11.0 Å². The van der Waals surface area contributed by atoms with Crippen LogP contribution in [-0.4, -0.2) is 22.4 Å². The minimum Gasteiger partial charge on any atom is -0.447 e. The molecular weight excluding hydrogens is 260 g/mol. The summed E-state index contributed by atoms with van der Waals surface area (Å²) in [5, 5.41) is 29.5. The van der Waals surface area contributed by atoms with Gasteiger partial charge in [0, 0.05) is 6.07 Å². The van der Waals surface area contributed by atoms with E-state index in [9.17, 15) is 25.0 Å². The van der Waals surface area contributed by atoms with Crippen LogP contribution in [0.1, 0.15) is 10.4 Å². The Hall–Kier alpha value is -3.22. The first-order valence-corrected chi connectivity index (χ1v) is 4.64. The maximum atomic E-state index is 11.5. The Morgan fingerprint density at radius 1 is 1.37 bits per heavy atom. The molecule has 0 amide bonds. The number of hydrogen-bond acceptors (Lipinski definition) is 8. The second-order valence-electron chi connectivity index (χ2n) is 3.17. The number of esters is 1. The van der Waals surface area contributed by atoms with Crippen molar-refractivity contribution in [2.45, 2.75) is 0 Å². The molecule has 0 aromatic heterocycles. The minimum atomic E-state index is -1.15. The molecule has 0 radical (unpaired) electrons. The zero-order chi connectivity index (χ0) is 14.6. The van der Waals surface area contributed by atoms with Crippen LogP contribution in [0.2, 0.25) is 0 Å².